The van der Waals surface area contributed by atoms with Crippen molar-refractivity contribution in [2.24, 2.45) is 0 Å². The van der Waals surface area contributed by atoms with Gasteiger partial charge in [-0.1, -0.05) is 0 Å². The fraction of sp³-hybridized carbons (Fsp3) is 0. The second kappa shape index (κ2) is 342. The molecule has 0 aromatic rings. The minimum Gasteiger partial charge on any atom is -2.00 e. The van der Waals surface area contributed by atoms with Gasteiger partial charge in [0.15, 0.2) is 0 Å². The minimum atomic E-state index is 0. The molecule has 0 fully saturated rings. The summed E-state index contributed by atoms with van der Waals surface area (Å²) in [6.07, 6.45) is 0. The van der Waals surface area contributed by atoms with Crippen molar-refractivity contribution < 1.29 is 158 Å². The molecule has 0 bridgehead atoms. The molecule has 14 heteroatoms. The van der Waals surface area contributed by atoms with Crippen LogP contribution in [0.3, 0.4) is 0 Å². The number of hydrogen-bond donors (Lipinski definition) is 0. The van der Waals surface area contributed by atoms with Crippen LogP contribution < -0.4 is 0 Å². The van der Waals surface area contributed by atoms with Crippen molar-refractivity contribution in [3.8, 4) is 0 Å². The Morgan fingerprint density at radius 1 is 0.143 bits per heavy atom. The molecule has 0 rings (SSSR count). The van der Waals surface area contributed by atoms with Crippen molar-refractivity contribution >= 4 is 0 Å². The Kier molecular flexibility index (Phi) is 10100. The Hall–Kier alpha value is 3.36. The first-order chi connectivity index (χ1) is 0. The SMILES string of the molecule is [Mn+2].[Mn+2].[Mn+2].[Mn+2].[Mn+2].[Mn+2].[Mn+2].[O-2].[O-2].[O-2].[O-2].[O-2].[O-2].[O-2]. The molecular weight excluding hydrogens is 497 g/mol. The van der Waals surface area contributed by atoms with Crippen LogP contribution in [0.4, 0.5) is 0 Å². The predicted molar refractivity (Wildman–Crippen MR) is 4.81 cm³/mol. The van der Waals surface area contributed by atoms with Crippen LogP contribution in [0, 0.1) is 0 Å². The number of hydrogen-bond acceptors (Lipinski definition) is 0. The van der Waals surface area contributed by atoms with Gasteiger partial charge in [-0.3, -0.25) is 0 Å². The summed E-state index contributed by atoms with van der Waals surface area (Å²) in [4.78, 5) is 0. The summed E-state index contributed by atoms with van der Waals surface area (Å²) in [5.74, 6) is 0. The van der Waals surface area contributed by atoms with Gasteiger partial charge >= 0.3 is 119 Å². The van der Waals surface area contributed by atoms with E-state index in [0.717, 1.165) is 0 Å². The van der Waals surface area contributed by atoms with Gasteiger partial charge in [0.2, 0.25) is 0 Å². The van der Waals surface area contributed by atoms with Crippen LogP contribution in [0.15, 0.2) is 0 Å². The zero-order valence-electron chi connectivity index (χ0n) is 5.50. The minimum absolute atomic E-state index is 0. The topological polar surface area (TPSA) is 200 Å². The van der Waals surface area contributed by atoms with Crippen LogP contribution in [0.2, 0.25) is 0 Å². The first-order valence-electron chi connectivity index (χ1n) is 0. The summed E-state index contributed by atoms with van der Waals surface area (Å²) in [6, 6.07) is 0. The molecule has 0 aliphatic carbocycles. The average Bonchev–Trinajstić information content (AvgIpc) is 0. The molecule has 14 heavy (non-hydrogen) atoms. The second-order valence-corrected chi connectivity index (χ2v) is 0. The van der Waals surface area contributed by atoms with E-state index in [1.807, 2.05) is 0 Å². The molecule has 0 atom stereocenters. The van der Waals surface area contributed by atoms with E-state index in [-0.39, 0.29) is 158 Å². The van der Waals surface area contributed by atoms with E-state index >= 15 is 0 Å². The molecule has 0 aromatic carbocycles. The molecule has 0 spiro atoms. The van der Waals surface area contributed by atoms with Crippen LogP contribution in [-0.4, -0.2) is 0 Å². The first kappa shape index (κ1) is 412. The van der Waals surface area contributed by atoms with Crippen LogP contribution >= 0.6 is 0 Å². The smallest absolute Gasteiger partial charge is 2.00 e. The molecule has 0 N–H and O–H groups in total. The molecule has 0 heterocycles. The van der Waals surface area contributed by atoms with Crippen LogP contribution in [0.1, 0.15) is 0 Å². The van der Waals surface area contributed by atoms with Gasteiger partial charge in [-0.2, -0.15) is 0 Å². The summed E-state index contributed by atoms with van der Waals surface area (Å²) in [7, 11) is 0. The van der Waals surface area contributed by atoms with E-state index in [2.05, 4.69) is 0 Å². The Labute approximate surface area is 156 Å². The maximum Gasteiger partial charge on any atom is 2.00 e. The molecule has 0 aliphatic heterocycles. The Morgan fingerprint density at radius 3 is 0.143 bits per heavy atom. The van der Waals surface area contributed by atoms with E-state index in [4.69, 9.17) is 0 Å². The first-order valence-corrected chi connectivity index (χ1v) is 0. The van der Waals surface area contributed by atoms with Crippen molar-refractivity contribution in [1.29, 1.82) is 0 Å². The van der Waals surface area contributed by atoms with Crippen LogP contribution in [0.25, 0.3) is 0 Å². The van der Waals surface area contributed by atoms with Crippen molar-refractivity contribution in [1.82, 2.24) is 0 Å². The third-order valence-electron chi connectivity index (χ3n) is 0. The maximum atomic E-state index is 0. The summed E-state index contributed by atoms with van der Waals surface area (Å²) in [5, 5.41) is 0. The van der Waals surface area contributed by atoms with Gasteiger partial charge in [-0.25, -0.2) is 0 Å². The van der Waals surface area contributed by atoms with E-state index in [1.165, 1.54) is 0 Å². The van der Waals surface area contributed by atoms with Crippen molar-refractivity contribution in [2.75, 3.05) is 0 Å². The third kappa shape index (κ3) is 281. The largest absolute Gasteiger partial charge is 2.00 e. The van der Waals surface area contributed by atoms with E-state index in [9.17, 15) is 0 Å². The quantitative estimate of drug-likeness (QED) is 0.377. The molecule has 0 aromatic heterocycles. The normalized spacial score (nSPS) is 0. The summed E-state index contributed by atoms with van der Waals surface area (Å²) >= 11 is 0. The van der Waals surface area contributed by atoms with E-state index < -0.39 is 0 Å². The monoisotopic (exact) mass is 497 g/mol. The van der Waals surface area contributed by atoms with Crippen molar-refractivity contribution in [3.05, 3.63) is 0 Å². The molecular formula is Mn7O7. The fourth-order valence-corrected chi connectivity index (χ4v) is 0. The van der Waals surface area contributed by atoms with Crippen molar-refractivity contribution in [3.63, 3.8) is 0 Å². The Balaban J connectivity index is 0. The van der Waals surface area contributed by atoms with Gasteiger partial charge in [0.25, 0.3) is 0 Å². The Morgan fingerprint density at radius 2 is 0.143 bits per heavy atom. The molecule has 0 saturated carbocycles. The molecule has 7 nitrogen and oxygen atoms in total. The van der Waals surface area contributed by atoms with Crippen LogP contribution in [-0.2, 0) is 158 Å². The zero-order chi connectivity index (χ0) is 0. The van der Waals surface area contributed by atoms with E-state index in [0.29, 0.717) is 0 Å². The van der Waals surface area contributed by atoms with Gasteiger partial charge in [-0.15, -0.1) is 0 Å². The molecule has 0 unspecified atom stereocenters. The molecule has 0 amide bonds. The number of rotatable bonds is 0. The average molecular weight is 497 g/mol. The molecule has 0 aliphatic rings. The molecule has 91 valence electrons. The molecule has 7 radical (unpaired) electrons. The van der Waals surface area contributed by atoms with E-state index in [1.54, 1.807) is 0 Å². The van der Waals surface area contributed by atoms with Gasteiger partial charge in [-0.05, 0) is 0 Å². The van der Waals surface area contributed by atoms with Crippen LogP contribution in [0.5, 0.6) is 0 Å². The molecule has 0 saturated heterocycles. The standard InChI is InChI=1S/7Mn.7O/q7*+2;7*-2. The van der Waals surface area contributed by atoms with Gasteiger partial charge in [0.1, 0.15) is 0 Å². The summed E-state index contributed by atoms with van der Waals surface area (Å²) in [5.41, 5.74) is 0. The summed E-state index contributed by atoms with van der Waals surface area (Å²) < 4.78 is 0. The fourth-order valence-electron chi connectivity index (χ4n) is 0. The zero-order valence-corrected chi connectivity index (χ0v) is 13.8. The maximum absolute atomic E-state index is 0. The van der Waals surface area contributed by atoms with Gasteiger partial charge < -0.3 is 38.3 Å². The Bertz CT molecular complexity index is 14.0. The summed E-state index contributed by atoms with van der Waals surface area (Å²) in [6.45, 7) is 0. The van der Waals surface area contributed by atoms with Crippen molar-refractivity contribution in [2.45, 2.75) is 0 Å². The van der Waals surface area contributed by atoms with Gasteiger partial charge in [0.05, 0.1) is 0 Å². The van der Waals surface area contributed by atoms with Gasteiger partial charge in [0, 0.05) is 0 Å². The third-order valence-corrected chi connectivity index (χ3v) is 0. The predicted octanol–water partition coefficient (Wildman–Crippen LogP) is -0.849. The second-order valence-electron chi connectivity index (χ2n) is 0.